The summed E-state index contributed by atoms with van der Waals surface area (Å²) in [5.41, 5.74) is 7.13. The van der Waals surface area contributed by atoms with Crippen molar-refractivity contribution >= 4 is 11.8 Å². The maximum atomic E-state index is 5.78. The summed E-state index contributed by atoms with van der Waals surface area (Å²) < 4.78 is 5.22. The molecule has 3 heteroatoms. The maximum Gasteiger partial charge on any atom is 0.119 e. The highest BCUT2D eigenvalue weighted by Crippen LogP contribution is 2.45. The number of fused-ring (bicyclic) bond motifs is 1. The van der Waals surface area contributed by atoms with Gasteiger partial charge < -0.3 is 10.5 Å². The smallest absolute Gasteiger partial charge is 0.119 e. The minimum absolute atomic E-state index is 0.477. The number of hydrogen-bond acceptors (Lipinski definition) is 3. The molecule has 1 aliphatic rings. The fourth-order valence-corrected chi connectivity index (χ4v) is 3.22. The number of rotatable bonds is 2. The van der Waals surface area contributed by atoms with Crippen molar-refractivity contribution in [1.29, 1.82) is 0 Å². The lowest BCUT2D eigenvalue weighted by Gasteiger charge is -2.12. The summed E-state index contributed by atoms with van der Waals surface area (Å²) in [5, 5.41) is 0.585. The van der Waals surface area contributed by atoms with E-state index in [4.69, 9.17) is 10.5 Å². The Kier molecular flexibility index (Phi) is 2.70. The quantitative estimate of drug-likeness (QED) is 0.811. The van der Waals surface area contributed by atoms with E-state index in [1.54, 1.807) is 7.11 Å². The molecule has 14 heavy (non-hydrogen) atoms. The fourth-order valence-electron chi connectivity index (χ4n) is 1.90. The Hall–Kier alpha value is -0.670. The van der Waals surface area contributed by atoms with E-state index in [0.29, 0.717) is 17.7 Å². The van der Waals surface area contributed by atoms with E-state index >= 15 is 0 Å². The summed E-state index contributed by atoms with van der Waals surface area (Å²) in [6.45, 7) is 2.95. The van der Waals surface area contributed by atoms with Crippen LogP contribution in [-0.4, -0.2) is 18.9 Å². The molecule has 0 amide bonds. The normalized spacial score (nSPS) is 24.8. The Balaban J connectivity index is 2.39. The first-order valence-corrected chi connectivity index (χ1v) is 5.69. The van der Waals surface area contributed by atoms with Gasteiger partial charge >= 0.3 is 0 Å². The predicted molar refractivity (Wildman–Crippen MR) is 60.1 cm³/mol. The monoisotopic (exact) mass is 209 g/mol. The molecule has 0 spiro atoms. The van der Waals surface area contributed by atoms with E-state index in [1.165, 1.54) is 10.5 Å². The van der Waals surface area contributed by atoms with Crippen LogP contribution in [0.1, 0.15) is 18.4 Å². The lowest BCUT2D eigenvalue weighted by atomic mass is 9.96. The third-order valence-corrected chi connectivity index (χ3v) is 4.08. The molecule has 2 N–H and O–H groups in total. The highest BCUT2D eigenvalue weighted by molar-refractivity contribution is 8.00. The summed E-state index contributed by atoms with van der Waals surface area (Å²) >= 11 is 1.91. The van der Waals surface area contributed by atoms with Gasteiger partial charge in [0.15, 0.2) is 0 Å². The van der Waals surface area contributed by atoms with Crippen molar-refractivity contribution in [1.82, 2.24) is 0 Å². The molecule has 0 saturated heterocycles. The van der Waals surface area contributed by atoms with Gasteiger partial charge in [0.2, 0.25) is 0 Å². The molecule has 1 aliphatic heterocycles. The van der Waals surface area contributed by atoms with Crippen molar-refractivity contribution in [2.45, 2.75) is 23.0 Å². The Bertz CT molecular complexity index is 340. The molecule has 0 aliphatic carbocycles. The Morgan fingerprint density at radius 2 is 2.29 bits per heavy atom. The third-order valence-electron chi connectivity index (χ3n) is 2.75. The average molecular weight is 209 g/mol. The summed E-state index contributed by atoms with van der Waals surface area (Å²) in [6, 6.07) is 6.26. The van der Waals surface area contributed by atoms with Crippen LogP contribution >= 0.6 is 11.8 Å². The lowest BCUT2D eigenvalue weighted by molar-refractivity contribution is 0.413. The number of nitrogens with two attached hydrogens (primary N) is 1. The van der Waals surface area contributed by atoms with E-state index in [0.717, 1.165) is 5.75 Å². The van der Waals surface area contributed by atoms with Crippen LogP contribution in [0.4, 0.5) is 0 Å². The highest BCUT2D eigenvalue weighted by Gasteiger charge is 2.29. The zero-order valence-corrected chi connectivity index (χ0v) is 9.30. The van der Waals surface area contributed by atoms with Gasteiger partial charge in [-0.15, -0.1) is 11.8 Å². The van der Waals surface area contributed by atoms with Gasteiger partial charge in [-0.2, -0.15) is 0 Å². The molecule has 0 fully saturated rings. The fraction of sp³-hybridized carbons (Fsp3) is 0.455. The van der Waals surface area contributed by atoms with Crippen molar-refractivity contribution in [3.8, 4) is 5.75 Å². The van der Waals surface area contributed by atoms with Crippen LogP contribution < -0.4 is 10.5 Å². The minimum Gasteiger partial charge on any atom is -0.497 e. The molecule has 2 unspecified atom stereocenters. The van der Waals surface area contributed by atoms with Crippen LogP contribution in [0.25, 0.3) is 0 Å². The summed E-state index contributed by atoms with van der Waals surface area (Å²) in [6.07, 6.45) is 0. The summed E-state index contributed by atoms with van der Waals surface area (Å²) in [7, 11) is 1.70. The first-order chi connectivity index (χ1) is 6.76. The molecule has 2 rings (SSSR count). The van der Waals surface area contributed by atoms with Crippen LogP contribution in [-0.2, 0) is 0 Å². The topological polar surface area (TPSA) is 35.2 Å². The Labute approximate surface area is 88.8 Å². The molecule has 0 radical (unpaired) electrons. The summed E-state index contributed by atoms with van der Waals surface area (Å²) in [4.78, 5) is 1.36. The SMILES string of the molecule is COc1ccc2c(c1)C(CN)C(C)S2. The molecular weight excluding hydrogens is 194 g/mol. The van der Waals surface area contributed by atoms with Crippen molar-refractivity contribution in [2.24, 2.45) is 5.73 Å². The molecule has 76 valence electrons. The van der Waals surface area contributed by atoms with E-state index in [9.17, 15) is 0 Å². The average Bonchev–Trinajstić information content (AvgIpc) is 2.52. The third kappa shape index (κ3) is 1.51. The number of hydrogen-bond donors (Lipinski definition) is 1. The van der Waals surface area contributed by atoms with Gasteiger partial charge in [0, 0.05) is 22.6 Å². The number of ether oxygens (including phenoxy) is 1. The van der Waals surface area contributed by atoms with Crippen molar-refractivity contribution in [2.75, 3.05) is 13.7 Å². The molecule has 2 atom stereocenters. The number of benzene rings is 1. The van der Waals surface area contributed by atoms with Crippen LogP contribution in [0.3, 0.4) is 0 Å². The largest absolute Gasteiger partial charge is 0.497 e. The van der Waals surface area contributed by atoms with Crippen LogP contribution in [0.15, 0.2) is 23.1 Å². The van der Waals surface area contributed by atoms with Gasteiger partial charge in [0.25, 0.3) is 0 Å². The maximum absolute atomic E-state index is 5.78. The van der Waals surface area contributed by atoms with E-state index in [1.807, 2.05) is 17.8 Å². The lowest BCUT2D eigenvalue weighted by Crippen LogP contribution is -2.17. The molecule has 0 bridgehead atoms. The molecule has 1 aromatic rings. The van der Waals surface area contributed by atoms with Crippen molar-refractivity contribution in [3.63, 3.8) is 0 Å². The van der Waals surface area contributed by atoms with Gasteiger partial charge in [-0.3, -0.25) is 0 Å². The molecular formula is C11H15NOS. The highest BCUT2D eigenvalue weighted by atomic mass is 32.2. The zero-order chi connectivity index (χ0) is 10.1. The Morgan fingerprint density at radius 1 is 1.50 bits per heavy atom. The van der Waals surface area contributed by atoms with Crippen molar-refractivity contribution < 1.29 is 4.74 Å². The second-order valence-electron chi connectivity index (χ2n) is 3.57. The molecule has 1 heterocycles. The second-order valence-corrected chi connectivity index (χ2v) is 4.99. The number of thioether (sulfide) groups is 1. The summed E-state index contributed by atoms with van der Waals surface area (Å²) in [5.74, 6) is 1.40. The first-order valence-electron chi connectivity index (χ1n) is 4.81. The first kappa shape index (κ1) is 9.87. The minimum atomic E-state index is 0.477. The van der Waals surface area contributed by atoms with Crippen LogP contribution in [0, 0.1) is 0 Å². The van der Waals surface area contributed by atoms with Crippen LogP contribution in [0.2, 0.25) is 0 Å². The molecule has 0 saturated carbocycles. The Morgan fingerprint density at radius 3 is 2.93 bits per heavy atom. The standard InChI is InChI=1S/C11H15NOS/c1-7-10(6-12)9-5-8(13-2)3-4-11(9)14-7/h3-5,7,10H,6,12H2,1-2H3. The van der Waals surface area contributed by atoms with Gasteiger partial charge in [-0.05, 0) is 23.8 Å². The van der Waals surface area contributed by atoms with Gasteiger partial charge in [0.05, 0.1) is 7.11 Å². The molecule has 2 nitrogen and oxygen atoms in total. The predicted octanol–water partition coefficient (Wildman–Crippen LogP) is 2.23. The van der Waals surface area contributed by atoms with Crippen molar-refractivity contribution in [3.05, 3.63) is 23.8 Å². The van der Waals surface area contributed by atoms with Gasteiger partial charge in [0.1, 0.15) is 5.75 Å². The van der Waals surface area contributed by atoms with Crippen LogP contribution in [0.5, 0.6) is 5.75 Å². The molecule has 0 aromatic heterocycles. The molecule has 1 aromatic carbocycles. The van der Waals surface area contributed by atoms with Gasteiger partial charge in [-0.1, -0.05) is 6.92 Å². The van der Waals surface area contributed by atoms with E-state index < -0.39 is 0 Å². The zero-order valence-electron chi connectivity index (χ0n) is 8.49. The van der Waals surface area contributed by atoms with Gasteiger partial charge in [-0.25, -0.2) is 0 Å². The van der Waals surface area contributed by atoms with E-state index in [2.05, 4.69) is 19.1 Å². The number of methoxy groups -OCH3 is 1. The van der Waals surface area contributed by atoms with E-state index in [-0.39, 0.29) is 0 Å². The second kappa shape index (κ2) is 3.83.